The Balaban J connectivity index is 0.000000559. The lowest BCUT2D eigenvalue weighted by molar-refractivity contribution is -0.192. The number of benzene rings is 1. The van der Waals surface area contributed by atoms with Crippen molar-refractivity contribution >= 4 is 29.4 Å². The third kappa shape index (κ3) is 10.1. The normalized spacial score (nSPS) is 15.6. The Hall–Kier alpha value is -3.74. The molecule has 0 unspecified atom stereocenters. The molecule has 1 aromatic heterocycles. The Morgan fingerprint density at radius 2 is 1.62 bits per heavy atom. The second-order valence-corrected chi connectivity index (χ2v) is 10.2. The molecule has 2 aliphatic carbocycles. The number of likely N-dealkylation sites (N-methyl/N-ethyl adjacent to an activating group) is 1. The fraction of sp³-hybridized carbons (Fsp3) is 0.519. The van der Waals surface area contributed by atoms with Gasteiger partial charge in [-0.25, -0.2) is 14.8 Å². The number of rotatable bonds is 10. The number of anilines is 2. The largest absolute Gasteiger partial charge is 0.490 e. The van der Waals surface area contributed by atoms with Crippen LogP contribution in [0.3, 0.4) is 0 Å². The second kappa shape index (κ2) is 14.1. The molecule has 1 amide bonds. The Morgan fingerprint density at radius 1 is 1.00 bits per heavy atom. The number of carbonyl (C=O) groups excluding carboxylic acids is 1. The van der Waals surface area contributed by atoms with Crippen LogP contribution in [0.2, 0.25) is 0 Å². The number of carbonyl (C=O) groups is 3. The van der Waals surface area contributed by atoms with Crippen molar-refractivity contribution in [1.29, 1.82) is 0 Å². The molecule has 1 heterocycles. The molecule has 0 bridgehead atoms. The maximum atomic E-state index is 12.9. The highest BCUT2D eigenvalue weighted by atomic mass is 19.4. The molecule has 10 nitrogen and oxygen atoms in total. The number of alkyl halides is 3. The fourth-order valence-corrected chi connectivity index (χ4v) is 4.52. The SMILES string of the molecule is CN(CC(=O)O)Cc1ccc(NC(=O)c2cc(N(CC3CC3)C3CCCCC3)ncn2)cc1.O=C(O)C(F)(F)F. The first-order chi connectivity index (χ1) is 18.9. The van der Waals surface area contributed by atoms with Crippen molar-refractivity contribution in [1.82, 2.24) is 14.9 Å². The van der Waals surface area contributed by atoms with Crippen LogP contribution < -0.4 is 10.2 Å². The Labute approximate surface area is 230 Å². The summed E-state index contributed by atoms with van der Waals surface area (Å²) in [5, 5.41) is 18.9. The van der Waals surface area contributed by atoms with Gasteiger partial charge in [-0.3, -0.25) is 14.5 Å². The molecule has 0 saturated heterocycles. The highest BCUT2D eigenvalue weighted by molar-refractivity contribution is 6.03. The van der Waals surface area contributed by atoms with Crippen LogP contribution in [0.5, 0.6) is 0 Å². The van der Waals surface area contributed by atoms with E-state index < -0.39 is 18.1 Å². The van der Waals surface area contributed by atoms with Gasteiger partial charge in [0.25, 0.3) is 5.91 Å². The van der Waals surface area contributed by atoms with Crippen LogP contribution in [-0.4, -0.2) is 75.3 Å². The highest BCUT2D eigenvalue weighted by Gasteiger charge is 2.38. The first-order valence-electron chi connectivity index (χ1n) is 13.1. The van der Waals surface area contributed by atoms with Crippen molar-refractivity contribution in [2.45, 2.75) is 63.7 Å². The predicted octanol–water partition coefficient (Wildman–Crippen LogP) is 4.43. The van der Waals surface area contributed by atoms with Crippen molar-refractivity contribution < 1.29 is 37.8 Å². The van der Waals surface area contributed by atoms with Crippen molar-refractivity contribution in [3.8, 4) is 0 Å². The number of hydrogen-bond donors (Lipinski definition) is 3. The van der Waals surface area contributed by atoms with Crippen molar-refractivity contribution in [3.63, 3.8) is 0 Å². The van der Waals surface area contributed by atoms with E-state index in [2.05, 4.69) is 20.2 Å². The van der Waals surface area contributed by atoms with E-state index in [-0.39, 0.29) is 12.5 Å². The molecular weight excluding hydrogens is 531 g/mol. The quantitative estimate of drug-likeness (QED) is 0.382. The first kappa shape index (κ1) is 30.8. The summed E-state index contributed by atoms with van der Waals surface area (Å²) in [4.78, 5) is 45.5. The molecule has 13 heteroatoms. The highest BCUT2D eigenvalue weighted by Crippen LogP contribution is 2.34. The topological polar surface area (TPSA) is 136 Å². The molecule has 2 fully saturated rings. The van der Waals surface area contributed by atoms with Crippen LogP contribution in [-0.2, 0) is 16.1 Å². The van der Waals surface area contributed by atoms with Gasteiger partial charge >= 0.3 is 18.1 Å². The van der Waals surface area contributed by atoms with Crippen LogP contribution >= 0.6 is 0 Å². The minimum Gasteiger partial charge on any atom is -0.480 e. The third-order valence-electron chi connectivity index (χ3n) is 6.66. The van der Waals surface area contributed by atoms with Gasteiger partial charge < -0.3 is 20.4 Å². The Kier molecular flexibility index (Phi) is 10.8. The summed E-state index contributed by atoms with van der Waals surface area (Å²) in [5.74, 6) is -2.28. The van der Waals surface area contributed by atoms with Crippen molar-refractivity contribution in [2.24, 2.45) is 5.92 Å². The first-order valence-corrected chi connectivity index (χ1v) is 13.1. The van der Waals surface area contributed by atoms with E-state index in [0.717, 1.165) is 23.8 Å². The molecule has 3 N–H and O–H groups in total. The van der Waals surface area contributed by atoms with Crippen LogP contribution in [0.4, 0.5) is 24.7 Å². The lowest BCUT2D eigenvalue weighted by Gasteiger charge is -2.35. The molecule has 40 heavy (non-hydrogen) atoms. The van der Waals surface area contributed by atoms with E-state index in [1.54, 1.807) is 11.9 Å². The van der Waals surface area contributed by atoms with E-state index in [1.165, 1.54) is 51.3 Å². The van der Waals surface area contributed by atoms with Crippen LogP contribution in [0.15, 0.2) is 36.7 Å². The summed E-state index contributed by atoms with van der Waals surface area (Å²) in [6.45, 7) is 1.52. The van der Waals surface area contributed by atoms with Gasteiger partial charge in [-0.1, -0.05) is 31.4 Å². The maximum absolute atomic E-state index is 12.9. The standard InChI is InChI=1S/C25H33N5O3.C2HF3O2/c1-29(16-24(31)32)14-18-9-11-20(12-10-18)28-25(33)22-13-23(27-17-26-22)30(15-19-7-8-19)21-5-3-2-4-6-21;3-2(4,5)1(6)7/h9-13,17,19,21H,2-8,14-16H2,1H3,(H,28,33)(H,31,32);(H,6,7). The average Bonchev–Trinajstić information content (AvgIpc) is 3.73. The molecule has 1 aromatic carbocycles. The average molecular weight is 566 g/mol. The molecule has 2 aromatic rings. The molecular formula is C27H34F3N5O5. The zero-order valence-corrected chi connectivity index (χ0v) is 22.2. The molecule has 218 valence electrons. The van der Waals surface area contributed by atoms with E-state index in [0.29, 0.717) is 24.0 Å². The lowest BCUT2D eigenvalue weighted by atomic mass is 9.94. The van der Waals surface area contributed by atoms with Crippen LogP contribution in [0.1, 0.15) is 61.0 Å². The second-order valence-electron chi connectivity index (χ2n) is 10.2. The summed E-state index contributed by atoms with van der Waals surface area (Å²) in [7, 11) is 1.76. The number of halogens is 3. The van der Waals surface area contributed by atoms with E-state index in [1.807, 2.05) is 30.3 Å². The lowest BCUT2D eigenvalue weighted by Crippen LogP contribution is -2.39. The third-order valence-corrected chi connectivity index (χ3v) is 6.66. The fourth-order valence-electron chi connectivity index (χ4n) is 4.52. The number of carboxylic acid groups (broad SMARTS) is 2. The van der Waals surface area contributed by atoms with Crippen LogP contribution in [0.25, 0.3) is 0 Å². The Bertz CT molecular complexity index is 1150. The molecule has 0 spiro atoms. The van der Waals surface area contributed by atoms with Gasteiger partial charge in [0.1, 0.15) is 17.8 Å². The number of aliphatic carboxylic acids is 2. The van der Waals surface area contributed by atoms with Gasteiger partial charge in [0.05, 0.1) is 6.54 Å². The van der Waals surface area contributed by atoms with Gasteiger partial charge in [0.15, 0.2) is 0 Å². The van der Waals surface area contributed by atoms with Crippen LogP contribution in [0, 0.1) is 5.92 Å². The number of nitrogens with one attached hydrogen (secondary N) is 1. The van der Waals surface area contributed by atoms with E-state index in [9.17, 15) is 22.8 Å². The van der Waals surface area contributed by atoms with Gasteiger partial charge in [0.2, 0.25) is 0 Å². The smallest absolute Gasteiger partial charge is 0.480 e. The summed E-state index contributed by atoms with van der Waals surface area (Å²) in [5.41, 5.74) is 2.01. The molecule has 2 saturated carbocycles. The minimum absolute atomic E-state index is 0.0207. The monoisotopic (exact) mass is 565 g/mol. The van der Waals surface area contributed by atoms with Gasteiger partial charge in [-0.2, -0.15) is 13.2 Å². The number of carboxylic acids is 2. The summed E-state index contributed by atoms with van der Waals surface area (Å²) >= 11 is 0. The van der Waals surface area contributed by atoms with Gasteiger partial charge in [-0.05, 0) is 56.3 Å². The van der Waals surface area contributed by atoms with E-state index >= 15 is 0 Å². The number of aromatic nitrogens is 2. The van der Waals surface area contributed by atoms with Crippen molar-refractivity contribution in [2.75, 3.05) is 30.4 Å². The van der Waals surface area contributed by atoms with E-state index in [4.69, 9.17) is 15.0 Å². The summed E-state index contributed by atoms with van der Waals surface area (Å²) in [6, 6.07) is 9.75. The maximum Gasteiger partial charge on any atom is 0.490 e. The number of hydrogen-bond acceptors (Lipinski definition) is 7. The number of amides is 1. The molecule has 0 atom stereocenters. The molecule has 2 aliphatic rings. The van der Waals surface area contributed by atoms with Gasteiger partial charge in [0, 0.05) is 30.9 Å². The number of nitrogens with zero attached hydrogens (tertiary/aromatic N) is 4. The summed E-state index contributed by atoms with van der Waals surface area (Å²) in [6.07, 6.45) is 5.17. The van der Waals surface area contributed by atoms with Gasteiger partial charge in [-0.15, -0.1) is 0 Å². The van der Waals surface area contributed by atoms with Crippen molar-refractivity contribution in [3.05, 3.63) is 47.9 Å². The zero-order valence-electron chi connectivity index (χ0n) is 22.2. The molecule has 0 aliphatic heterocycles. The molecule has 0 radical (unpaired) electrons. The summed E-state index contributed by atoms with van der Waals surface area (Å²) < 4.78 is 31.7. The minimum atomic E-state index is -5.08. The molecule has 4 rings (SSSR count). The predicted molar refractivity (Wildman–Crippen MR) is 141 cm³/mol. The zero-order chi connectivity index (χ0) is 29.3. The Morgan fingerprint density at radius 3 is 2.17 bits per heavy atom.